The minimum absolute atomic E-state index is 0.00502. The van der Waals surface area contributed by atoms with Crippen LogP contribution in [0, 0.1) is 13.8 Å². The Bertz CT molecular complexity index is 1230. The molecule has 178 valence electrons. The third kappa shape index (κ3) is 5.99. The second-order valence-electron chi connectivity index (χ2n) is 8.43. The van der Waals surface area contributed by atoms with Crippen LogP contribution in [0.2, 0.25) is 5.02 Å². The lowest BCUT2D eigenvalue weighted by Crippen LogP contribution is -2.24. The molecule has 0 aliphatic heterocycles. The van der Waals surface area contributed by atoms with Crippen molar-refractivity contribution in [1.82, 2.24) is 14.9 Å². The average Bonchev–Trinajstić information content (AvgIpc) is 3.48. The van der Waals surface area contributed by atoms with Crippen molar-refractivity contribution >= 4 is 39.9 Å². The number of aromatic nitrogens is 2. The third-order valence-corrected chi connectivity index (χ3v) is 7.26. The Balaban J connectivity index is 1.30. The Morgan fingerprint density at radius 3 is 2.65 bits per heavy atom. The van der Waals surface area contributed by atoms with Crippen molar-refractivity contribution < 1.29 is 9.53 Å². The van der Waals surface area contributed by atoms with Crippen LogP contribution < -0.4 is 10.1 Å². The van der Waals surface area contributed by atoms with Crippen LogP contribution in [-0.2, 0) is 13.0 Å². The molecule has 0 aliphatic rings. The number of amides is 1. The molecule has 0 bridgehead atoms. The molecule has 0 atom stereocenters. The van der Waals surface area contributed by atoms with E-state index in [0.717, 1.165) is 75.9 Å². The van der Waals surface area contributed by atoms with Gasteiger partial charge in [-0.15, -0.1) is 11.3 Å². The lowest BCUT2D eigenvalue weighted by molar-refractivity contribution is 0.0957. The van der Waals surface area contributed by atoms with Gasteiger partial charge in [0.1, 0.15) is 11.6 Å². The van der Waals surface area contributed by atoms with E-state index < -0.39 is 0 Å². The number of unbranched alkanes of at least 4 members (excludes halogenated alkanes) is 1. The Labute approximate surface area is 209 Å². The normalized spacial score (nSPS) is 11.1. The van der Waals surface area contributed by atoms with E-state index in [0.29, 0.717) is 13.2 Å². The van der Waals surface area contributed by atoms with Crippen molar-refractivity contribution in [2.75, 3.05) is 13.2 Å². The minimum Gasteiger partial charge on any atom is -0.494 e. The number of hydrogen-bond donors (Lipinski definition) is 1. The Hall–Kier alpha value is -2.83. The number of ether oxygens (including phenoxy) is 1. The fourth-order valence-electron chi connectivity index (χ4n) is 4.06. The number of thiophene rings is 1. The molecule has 0 saturated heterocycles. The third-order valence-electron chi connectivity index (χ3n) is 5.80. The van der Waals surface area contributed by atoms with Crippen LogP contribution in [0.25, 0.3) is 11.0 Å². The fourth-order valence-corrected chi connectivity index (χ4v) is 4.81. The second-order valence-corrected chi connectivity index (χ2v) is 9.76. The number of rotatable bonds is 11. The Kier molecular flexibility index (Phi) is 8.25. The van der Waals surface area contributed by atoms with E-state index in [1.54, 1.807) is 0 Å². The summed E-state index contributed by atoms with van der Waals surface area (Å²) in [5.41, 5.74) is 4.25. The molecule has 0 unspecified atom stereocenters. The molecule has 1 amide bonds. The molecule has 4 aromatic rings. The largest absolute Gasteiger partial charge is 0.494 e. The number of para-hydroxylation sites is 2. The first-order valence-electron chi connectivity index (χ1n) is 11.7. The predicted molar refractivity (Wildman–Crippen MR) is 140 cm³/mol. The van der Waals surface area contributed by atoms with Crippen molar-refractivity contribution in [3.8, 4) is 5.75 Å². The van der Waals surface area contributed by atoms with E-state index >= 15 is 0 Å². The average molecular weight is 496 g/mol. The number of halogens is 1. The van der Waals surface area contributed by atoms with Gasteiger partial charge in [-0.3, -0.25) is 4.79 Å². The zero-order valence-electron chi connectivity index (χ0n) is 19.6. The van der Waals surface area contributed by atoms with Crippen LogP contribution in [0.1, 0.15) is 45.9 Å². The number of imidazole rings is 1. The van der Waals surface area contributed by atoms with Crippen molar-refractivity contribution in [2.45, 2.75) is 46.1 Å². The maximum atomic E-state index is 12.1. The highest BCUT2D eigenvalue weighted by molar-refractivity contribution is 7.12. The summed E-state index contributed by atoms with van der Waals surface area (Å²) in [7, 11) is 0. The van der Waals surface area contributed by atoms with Crippen molar-refractivity contribution in [1.29, 1.82) is 0 Å². The topological polar surface area (TPSA) is 56.1 Å². The first-order chi connectivity index (χ1) is 16.5. The summed E-state index contributed by atoms with van der Waals surface area (Å²) in [5.74, 6) is 1.93. The van der Waals surface area contributed by atoms with E-state index in [2.05, 4.69) is 28.1 Å². The smallest absolute Gasteiger partial charge is 0.261 e. The summed E-state index contributed by atoms with van der Waals surface area (Å²) in [6, 6.07) is 16.0. The number of benzene rings is 2. The number of carbonyl (C=O) groups is 1. The van der Waals surface area contributed by atoms with Gasteiger partial charge in [0.2, 0.25) is 0 Å². The highest BCUT2D eigenvalue weighted by Gasteiger charge is 2.11. The predicted octanol–water partition coefficient (Wildman–Crippen LogP) is 6.59. The first kappa shape index (κ1) is 24.3. The highest BCUT2D eigenvalue weighted by Crippen LogP contribution is 2.26. The number of carbonyl (C=O) groups excluding carboxylic acids is 1. The van der Waals surface area contributed by atoms with Crippen LogP contribution >= 0.6 is 22.9 Å². The summed E-state index contributed by atoms with van der Waals surface area (Å²) in [5, 5.41) is 5.73. The summed E-state index contributed by atoms with van der Waals surface area (Å²) in [6.45, 7) is 6.19. The quantitative estimate of drug-likeness (QED) is 0.239. The molecule has 4 rings (SSSR count). The molecule has 0 spiro atoms. The number of nitrogens with one attached hydrogen (secondary N) is 1. The van der Waals surface area contributed by atoms with E-state index in [9.17, 15) is 4.79 Å². The second kappa shape index (κ2) is 11.5. The van der Waals surface area contributed by atoms with Gasteiger partial charge in [0.25, 0.3) is 5.91 Å². The van der Waals surface area contributed by atoms with Crippen molar-refractivity contribution in [3.63, 3.8) is 0 Å². The number of fused-ring (bicyclic) bond motifs is 1. The molecule has 5 nitrogen and oxygen atoms in total. The Morgan fingerprint density at radius 2 is 1.88 bits per heavy atom. The zero-order chi connectivity index (χ0) is 23.9. The maximum Gasteiger partial charge on any atom is 0.261 e. The lowest BCUT2D eigenvalue weighted by Gasteiger charge is -2.12. The van der Waals surface area contributed by atoms with Crippen LogP contribution in [0.15, 0.2) is 53.9 Å². The van der Waals surface area contributed by atoms with Crippen LogP contribution in [0.4, 0.5) is 0 Å². The fraction of sp³-hybridized carbons (Fsp3) is 0.333. The lowest BCUT2D eigenvalue weighted by atomic mass is 10.1. The molecule has 0 saturated carbocycles. The van der Waals surface area contributed by atoms with E-state index in [-0.39, 0.29) is 5.91 Å². The van der Waals surface area contributed by atoms with Gasteiger partial charge in [-0.1, -0.05) is 29.8 Å². The Morgan fingerprint density at radius 1 is 1.09 bits per heavy atom. The molecule has 2 aromatic carbocycles. The summed E-state index contributed by atoms with van der Waals surface area (Å²) >= 11 is 7.71. The first-order valence-corrected chi connectivity index (χ1v) is 12.9. The molecule has 1 N–H and O–H groups in total. The van der Waals surface area contributed by atoms with Crippen molar-refractivity contribution in [3.05, 3.63) is 80.8 Å². The van der Waals surface area contributed by atoms with Gasteiger partial charge in [-0.05, 0) is 79.9 Å². The summed E-state index contributed by atoms with van der Waals surface area (Å²) in [4.78, 5) is 17.8. The summed E-state index contributed by atoms with van der Waals surface area (Å²) in [6.07, 6.45) is 3.61. The van der Waals surface area contributed by atoms with E-state index in [4.69, 9.17) is 21.3 Å². The maximum absolute atomic E-state index is 12.1. The number of nitrogens with zero attached hydrogens (tertiary/aromatic N) is 2. The van der Waals surface area contributed by atoms with Gasteiger partial charge in [-0.25, -0.2) is 4.98 Å². The standard InChI is InChI=1S/C27H30ClN3O2S/c1-19-17-21(18-20(2)26(19)28)33-15-6-5-14-31-23-10-4-3-9-22(23)30-25(31)12-7-13-29-27(32)24-11-8-16-34-24/h3-4,8-11,16-18H,5-7,12-15H2,1-2H3,(H,29,32). The highest BCUT2D eigenvalue weighted by atomic mass is 35.5. The van der Waals surface area contributed by atoms with E-state index in [1.165, 1.54) is 11.3 Å². The molecule has 2 aromatic heterocycles. The molecule has 0 fully saturated rings. The van der Waals surface area contributed by atoms with Crippen molar-refractivity contribution in [2.24, 2.45) is 0 Å². The molecular weight excluding hydrogens is 466 g/mol. The molecule has 0 radical (unpaired) electrons. The SMILES string of the molecule is Cc1cc(OCCCCn2c(CCCNC(=O)c3cccs3)nc3ccccc32)cc(C)c1Cl. The molecule has 7 heteroatoms. The molecular formula is C27H30ClN3O2S. The molecule has 2 heterocycles. The van der Waals surface area contributed by atoms with Crippen LogP contribution in [-0.4, -0.2) is 28.6 Å². The van der Waals surface area contributed by atoms with Gasteiger partial charge in [-0.2, -0.15) is 0 Å². The molecule has 34 heavy (non-hydrogen) atoms. The monoisotopic (exact) mass is 495 g/mol. The van der Waals surface area contributed by atoms with Gasteiger partial charge in [0.05, 0.1) is 22.5 Å². The van der Waals surface area contributed by atoms with Gasteiger partial charge >= 0.3 is 0 Å². The van der Waals surface area contributed by atoms with Crippen LogP contribution in [0.3, 0.4) is 0 Å². The number of aryl methyl sites for hydroxylation is 4. The van der Waals surface area contributed by atoms with Crippen LogP contribution in [0.5, 0.6) is 5.75 Å². The summed E-state index contributed by atoms with van der Waals surface area (Å²) < 4.78 is 8.28. The van der Waals surface area contributed by atoms with Gasteiger partial charge in [0.15, 0.2) is 0 Å². The zero-order valence-corrected chi connectivity index (χ0v) is 21.2. The minimum atomic E-state index is -0.00502. The van der Waals surface area contributed by atoms with E-state index in [1.807, 2.05) is 49.6 Å². The van der Waals surface area contributed by atoms with Gasteiger partial charge < -0.3 is 14.6 Å². The number of hydrogen-bond acceptors (Lipinski definition) is 4. The molecule has 0 aliphatic carbocycles. The van der Waals surface area contributed by atoms with Gasteiger partial charge in [0, 0.05) is 24.5 Å².